The number of hydrogen-bond donors (Lipinski definition) is 3. The van der Waals surface area contributed by atoms with Crippen molar-refractivity contribution < 1.29 is 0 Å². The van der Waals surface area contributed by atoms with Gasteiger partial charge in [-0.15, -0.1) is 0 Å². The number of anilines is 2. The van der Waals surface area contributed by atoms with Gasteiger partial charge < -0.3 is 16.5 Å². The molecule has 4 heteroatoms. The fourth-order valence-corrected chi connectivity index (χ4v) is 1.52. The minimum atomic E-state index is 0.802. The fourth-order valence-electron chi connectivity index (χ4n) is 1.52. The lowest BCUT2D eigenvalue weighted by Gasteiger charge is -2.28. The Bertz CT molecular complexity index is 277. The average molecular weight is 192 g/mol. The Labute approximate surface area is 84.1 Å². The first-order chi connectivity index (χ1) is 6.84. The molecule has 2 rings (SSSR count). The van der Waals surface area contributed by atoms with Crippen LogP contribution in [0, 0.1) is 0 Å². The molecule has 1 saturated heterocycles. The second-order valence-electron chi connectivity index (χ2n) is 3.47. The van der Waals surface area contributed by atoms with E-state index in [4.69, 9.17) is 5.73 Å². The number of hydrogen-bond acceptors (Lipinski definition) is 4. The quantitative estimate of drug-likeness (QED) is 0.597. The van der Waals surface area contributed by atoms with Gasteiger partial charge >= 0.3 is 0 Å². The predicted molar refractivity (Wildman–Crippen MR) is 58.9 cm³/mol. The van der Waals surface area contributed by atoms with Crippen molar-refractivity contribution in [2.45, 2.75) is 0 Å². The third-order valence-corrected chi connectivity index (χ3v) is 2.31. The van der Waals surface area contributed by atoms with Gasteiger partial charge in [-0.2, -0.15) is 0 Å². The first-order valence-corrected chi connectivity index (χ1v) is 4.92. The summed E-state index contributed by atoms with van der Waals surface area (Å²) >= 11 is 0. The second-order valence-corrected chi connectivity index (χ2v) is 3.47. The molecule has 0 amide bonds. The number of rotatable bonds is 2. The first kappa shape index (κ1) is 9.30. The molecule has 1 aliphatic heterocycles. The molecule has 0 spiro atoms. The molecule has 0 bridgehead atoms. The van der Waals surface area contributed by atoms with Crippen molar-refractivity contribution >= 4 is 11.4 Å². The van der Waals surface area contributed by atoms with Gasteiger partial charge in [-0.05, 0) is 24.3 Å². The molecule has 1 heterocycles. The van der Waals surface area contributed by atoms with Crippen LogP contribution in [0.25, 0.3) is 0 Å². The number of nitrogens with zero attached hydrogens (tertiary/aromatic N) is 1. The number of nitrogens with two attached hydrogens (primary N) is 1. The smallest absolute Gasteiger partial charge is 0.0491 e. The Balaban J connectivity index is 1.92. The van der Waals surface area contributed by atoms with Crippen molar-refractivity contribution in [3.8, 4) is 0 Å². The van der Waals surface area contributed by atoms with Gasteiger partial charge in [0.05, 0.1) is 0 Å². The number of piperazine rings is 1. The van der Waals surface area contributed by atoms with Crippen LogP contribution in [0.3, 0.4) is 0 Å². The molecule has 4 N–H and O–H groups in total. The van der Waals surface area contributed by atoms with Crippen LogP contribution in [0.5, 0.6) is 0 Å². The fraction of sp³-hybridized carbons (Fsp3) is 0.400. The standard InChI is InChI=1S/C10H16N4/c11-9-1-3-10(4-2-9)13-14-7-5-12-6-8-14/h1-4,12-13H,5-8,11H2. The van der Waals surface area contributed by atoms with E-state index in [1.165, 1.54) is 0 Å². The summed E-state index contributed by atoms with van der Waals surface area (Å²) in [5, 5.41) is 5.52. The molecular formula is C10H16N4. The van der Waals surface area contributed by atoms with Crippen molar-refractivity contribution in [1.29, 1.82) is 0 Å². The van der Waals surface area contributed by atoms with E-state index in [0.29, 0.717) is 0 Å². The third kappa shape index (κ3) is 2.37. The van der Waals surface area contributed by atoms with Crippen molar-refractivity contribution in [3.05, 3.63) is 24.3 Å². The van der Waals surface area contributed by atoms with E-state index in [-0.39, 0.29) is 0 Å². The van der Waals surface area contributed by atoms with E-state index >= 15 is 0 Å². The topological polar surface area (TPSA) is 53.3 Å². The zero-order chi connectivity index (χ0) is 9.80. The Morgan fingerprint density at radius 3 is 2.43 bits per heavy atom. The van der Waals surface area contributed by atoms with Gasteiger partial charge in [0.1, 0.15) is 0 Å². The lowest BCUT2D eigenvalue weighted by atomic mass is 10.3. The largest absolute Gasteiger partial charge is 0.399 e. The lowest BCUT2D eigenvalue weighted by molar-refractivity contribution is 0.287. The second kappa shape index (κ2) is 4.30. The van der Waals surface area contributed by atoms with Crippen LogP contribution in [-0.4, -0.2) is 31.2 Å². The molecule has 4 nitrogen and oxygen atoms in total. The molecule has 76 valence electrons. The lowest BCUT2D eigenvalue weighted by Crippen LogP contribution is -2.46. The summed E-state index contributed by atoms with van der Waals surface area (Å²) in [6.07, 6.45) is 0. The summed E-state index contributed by atoms with van der Waals surface area (Å²) in [6.45, 7) is 4.15. The van der Waals surface area contributed by atoms with Crippen LogP contribution in [0.2, 0.25) is 0 Å². The average Bonchev–Trinajstić information content (AvgIpc) is 2.23. The van der Waals surface area contributed by atoms with Crippen molar-refractivity contribution in [1.82, 2.24) is 10.3 Å². The molecule has 1 aromatic rings. The highest BCUT2D eigenvalue weighted by molar-refractivity contribution is 5.50. The molecule has 0 aromatic heterocycles. The highest BCUT2D eigenvalue weighted by Gasteiger charge is 2.08. The zero-order valence-electron chi connectivity index (χ0n) is 8.16. The predicted octanol–water partition coefficient (Wildman–Crippen LogP) is 0.501. The van der Waals surface area contributed by atoms with E-state index in [1.807, 2.05) is 24.3 Å². The summed E-state index contributed by atoms with van der Waals surface area (Å²) in [5.74, 6) is 0. The van der Waals surface area contributed by atoms with Crippen LogP contribution < -0.4 is 16.5 Å². The van der Waals surface area contributed by atoms with Gasteiger partial charge in [-0.1, -0.05) is 0 Å². The van der Waals surface area contributed by atoms with E-state index < -0.39 is 0 Å². The summed E-state index contributed by atoms with van der Waals surface area (Å²) in [6, 6.07) is 7.81. The first-order valence-electron chi connectivity index (χ1n) is 4.92. The summed E-state index contributed by atoms with van der Waals surface area (Å²) in [5.41, 5.74) is 10.9. The molecule has 1 aliphatic rings. The van der Waals surface area contributed by atoms with E-state index in [2.05, 4.69) is 15.8 Å². The Morgan fingerprint density at radius 1 is 1.14 bits per heavy atom. The van der Waals surface area contributed by atoms with Crippen molar-refractivity contribution in [2.24, 2.45) is 0 Å². The molecule has 1 fully saturated rings. The maximum atomic E-state index is 5.61. The van der Waals surface area contributed by atoms with Crippen molar-refractivity contribution in [2.75, 3.05) is 37.3 Å². The number of benzene rings is 1. The van der Waals surface area contributed by atoms with E-state index in [9.17, 15) is 0 Å². The summed E-state index contributed by atoms with van der Waals surface area (Å²) in [4.78, 5) is 0. The van der Waals surface area contributed by atoms with Gasteiger partial charge in [0.15, 0.2) is 0 Å². The highest BCUT2D eigenvalue weighted by Crippen LogP contribution is 2.11. The van der Waals surface area contributed by atoms with Gasteiger partial charge in [0.25, 0.3) is 0 Å². The Hall–Kier alpha value is -1.26. The molecule has 0 unspecified atom stereocenters. The molecule has 0 saturated carbocycles. The molecule has 14 heavy (non-hydrogen) atoms. The highest BCUT2D eigenvalue weighted by atomic mass is 15.5. The van der Waals surface area contributed by atoms with Crippen LogP contribution in [0.15, 0.2) is 24.3 Å². The van der Waals surface area contributed by atoms with Gasteiger partial charge in [0.2, 0.25) is 0 Å². The monoisotopic (exact) mass is 192 g/mol. The van der Waals surface area contributed by atoms with Crippen molar-refractivity contribution in [3.63, 3.8) is 0 Å². The van der Waals surface area contributed by atoms with Crippen LogP contribution in [-0.2, 0) is 0 Å². The number of nitrogen functional groups attached to an aromatic ring is 1. The number of nitrogens with one attached hydrogen (secondary N) is 2. The summed E-state index contributed by atoms with van der Waals surface area (Å²) in [7, 11) is 0. The molecule has 0 radical (unpaired) electrons. The van der Waals surface area contributed by atoms with Crippen LogP contribution >= 0.6 is 0 Å². The minimum Gasteiger partial charge on any atom is -0.399 e. The number of hydrazine groups is 1. The van der Waals surface area contributed by atoms with E-state index in [1.54, 1.807) is 0 Å². The Morgan fingerprint density at radius 2 is 1.79 bits per heavy atom. The van der Waals surface area contributed by atoms with Crippen LogP contribution in [0.1, 0.15) is 0 Å². The maximum absolute atomic E-state index is 5.61. The summed E-state index contributed by atoms with van der Waals surface area (Å²) < 4.78 is 0. The third-order valence-electron chi connectivity index (χ3n) is 2.31. The molecule has 0 atom stereocenters. The molecule has 1 aromatic carbocycles. The van der Waals surface area contributed by atoms with Gasteiger partial charge in [-0.3, -0.25) is 0 Å². The Kier molecular flexibility index (Phi) is 2.86. The van der Waals surface area contributed by atoms with Gasteiger partial charge in [0, 0.05) is 37.6 Å². The maximum Gasteiger partial charge on any atom is 0.0491 e. The minimum absolute atomic E-state index is 0.802. The molecule has 0 aliphatic carbocycles. The van der Waals surface area contributed by atoms with Gasteiger partial charge in [-0.25, -0.2) is 5.01 Å². The normalized spacial score (nSPS) is 18.0. The SMILES string of the molecule is Nc1ccc(NN2CCNCC2)cc1. The molecular weight excluding hydrogens is 176 g/mol. The van der Waals surface area contributed by atoms with Crippen LogP contribution in [0.4, 0.5) is 11.4 Å². The van der Waals surface area contributed by atoms with E-state index in [0.717, 1.165) is 37.6 Å². The zero-order valence-corrected chi connectivity index (χ0v) is 8.16.